The molecule has 2 N–H and O–H groups in total. The van der Waals surface area contributed by atoms with Gasteiger partial charge in [0.25, 0.3) is 0 Å². The van der Waals surface area contributed by atoms with Crippen molar-refractivity contribution in [1.82, 2.24) is 0 Å². The molecule has 1 saturated carbocycles. The third kappa shape index (κ3) is 4.24. The first kappa shape index (κ1) is 15.4. The van der Waals surface area contributed by atoms with Crippen molar-refractivity contribution in [3.63, 3.8) is 0 Å². The molecule has 20 heavy (non-hydrogen) atoms. The number of hydrogen-bond acceptors (Lipinski definition) is 2. The van der Waals surface area contributed by atoms with Gasteiger partial charge in [0, 0.05) is 5.54 Å². The highest BCUT2D eigenvalue weighted by Crippen LogP contribution is 2.35. The van der Waals surface area contributed by atoms with Crippen LogP contribution in [0.1, 0.15) is 57.4 Å². The molecule has 112 valence electrons. The van der Waals surface area contributed by atoms with Gasteiger partial charge in [-0.15, -0.1) is 0 Å². The number of unbranched alkanes of at least 4 members (excludes halogenated alkanes) is 1. The van der Waals surface area contributed by atoms with Crippen molar-refractivity contribution in [2.24, 2.45) is 11.7 Å². The summed E-state index contributed by atoms with van der Waals surface area (Å²) >= 11 is 0. The molecule has 1 fully saturated rings. The zero-order chi connectivity index (χ0) is 14.4. The van der Waals surface area contributed by atoms with Crippen LogP contribution in [0, 0.1) is 5.92 Å². The molecule has 1 aromatic carbocycles. The first-order valence-electron chi connectivity index (χ1n) is 8.07. The molecule has 0 aromatic heterocycles. The molecular formula is C18H29NO. The molecule has 0 bridgehead atoms. The average molecular weight is 275 g/mol. The number of hydrogen-bond donors (Lipinski definition) is 1. The predicted octanol–water partition coefficient (Wildman–Crippen LogP) is 4.32. The molecular weight excluding hydrogens is 246 g/mol. The highest BCUT2D eigenvalue weighted by atomic mass is 16.5. The first-order chi connectivity index (χ1) is 9.65. The Balaban J connectivity index is 1.89. The van der Waals surface area contributed by atoms with E-state index in [-0.39, 0.29) is 5.54 Å². The normalized spacial score (nSPS) is 26.4. The maximum absolute atomic E-state index is 6.63. The molecule has 0 atom stereocenters. The third-order valence-corrected chi connectivity index (χ3v) is 4.76. The lowest BCUT2D eigenvalue weighted by molar-refractivity contribution is 0.221. The molecule has 2 heteroatoms. The fraction of sp³-hybridized carbons (Fsp3) is 0.667. The van der Waals surface area contributed by atoms with Gasteiger partial charge in [0.2, 0.25) is 0 Å². The molecule has 0 aliphatic heterocycles. The van der Waals surface area contributed by atoms with Crippen LogP contribution >= 0.6 is 0 Å². The molecule has 0 saturated heterocycles. The zero-order valence-corrected chi connectivity index (χ0v) is 13.0. The largest absolute Gasteiger partial charge is 0.497 e. The minimum absolute atomic E-state index is 0.00488. The van der Waals surface area contributed by atoms with Crippen LogP contribution in [0.3, 0.4) is 0 Å². The van der Waals surface area contributed by atoms with Gasteiger partial charge in [-0.25, -0.2) is 0 Å². The summed E-state index contributed by atoms with van der Waals surface area (Å²) < 4.78 is 5.30. The number of ether oxygens (including phenoxy) is 1. The summed E-state index contributed by atoms with van der Waals surface area (Å²) in [5.74, 6) is 1.85. The SMILES string of the molecule is CCCCC1CCC(N)(Cc2cccc(OC)c2)CC1. The minimum Gasteiger partial charge on any atom is -0.497 e. The average Bonchev–Trinajstić information content (AvgIpc) is 2.47. The van der Waals surface area contributed by atoms with E-state index >= 15 is 0 Å². The van der Waals surface area contributed by atoms with Gasteiger partial charge < -0.3 is 10.5 Å². The molecule has 0 heterocycles. The molecule has 0 unspecified atom stereocenters. The number of methoxy groups -OCH3 is 1. The van der Waals surface area contributed by atoms with Crippen molar-refractivity contribution in [3.05, 3.63) is 29.8 Å². The number of rotatable bonds is 6. The lowest BCUT2D eigenvalue weighted by Crippen LogP contribution is -2.45. The molecule has 0 amide bonds. The van der Waals surface area contributed by atoms with Crippen LogP contribution in [-0.2, 0) is 6.42 Å². The van der Waals surface area contributed by atoms with E-state index in [0.29, 0.717) is 0 Å². The van der Waals surface area contributed by atoms with Crippen LogP contribution in [0.4, 0.5) is 0 Å². The van der Waals surface area contributed by atoms with Crippen LogP contribution in [0.15, 0.2) is 24.3 Å². The van der Waals surface area contributed by atoms with Gasteiger partial charge in [-0.1, -0.05) is 38.3 Å². The van der Waals surface area contributed by atoms with Gasteiger partial charge in [-0.3, -0.25) is 0 Å². The summed E-state index contributed by atoms with van der Waals surface area (Å²) in [6.07, 6.45) is 10.0. The summed E-state index contributed by atoms with van der Waals surface area (Å²) in [6, 6.07) is 8.34. The molecule has 2 nitrogen and oxygen atoms in total. The highest BCUT2D eigenvalue weighted by molar-refractivity contribution is 5.29. The Kier molecular flexibility index (Phi) is 5.47. The van der Waals surface area contributed by atoms with Gasteiger partial charge in [0.1, 0.15) is 5.75 Å². The molecule has 1 aromatic rings. The number of nitrogens with two attached hydrogens (primary N) is 1. The quantitative estimate of drug-likeness (QED) is 0.839. The van der Waals surface area contributed by atoms with E-state index in [2.05, 4.69) is 25.1 Å². The van der Waals surface area contributed by atoms with Gasteiger partial charge in [0.15, 0.2) is 0 Å². The van der Waals surface area contributed by atoms with Crippen molar-refractivity contribution in [3.8, 4) is 5.75 Å². The molecule has 0 radical (unpaired) electrons. The number of benzene rings is 1. The first-order valence-corrected chi connectivity index (χ1v) is 8.07. The van der Waals surface area contributed by atoms with Crippen molar-refractivity contribution in [2.45, 2.75) is 63.8 Å². The zero-order valence-electron chi connectivity index (χ0n) is 13.0. The van der Waals surface area contributed by atoms with Crippen molar-refractivity contribution < 1.29 is 4.74 Å². The van der Waals surface area contributed by atoms with E-state index in [1.165, 1.54) is 50.5 Å². The monoisotopic (exact) mass is 275 g/mol. The summed E-state index contributed by atoms with van der Waals surface area (Å²) in [7, 11) is 1.72. The Morgan fingerprint density at radius 2 is 2.05 bits per heavy atom. The van der Waals surface area contributed by atoms with E-state index in [4.69, 9.17) is 10.5 Å². The van der Waals surface area contributed by atoms with E-state index in [1.807, 2.05) is 6.07 Å². The summed E-state index contributed by atoms with van der Waals surface area (Å²) in [4.78, 5) is 0. The molecule has 1 aliphatic rings. The predicted molar refractivity (Wildman–Crippen MR) is 85.1 cm³/mol. The summed E-state index contributed by atoms with van der Waals surface area (Å²) in [5, 5.41) is 0. The second-order valence-electron chi connectivity index (χ2n) is 6.48. The maximum atomic E-state index is 6.63. The van der Waals surface area contributed by atoms with E-state index in [9.17, 15) is 0 Å². The van der Waals surface area contributed by atoms with Crippen LogP contribution < -0.4 is 10.5 Å². The highest BCUT2D eigenvalue weighted by Gasteiger charge is 2.31. The van der Waals surface area contributed by atoms with Gasteiger partial charge >= 0.3 is 0 Å². The Bertz CT molecular complexity index is 408. The summed E-state index contributed by atoms with van der Waals surface area (Å²) in [5.41, 5.74) is 7.93. The van der Waals surface area contributed by atoms with Gasteiger partial charge in [-0.05, 0) is 55.7 Å². The fourth-order valence-electron chi connectivity index (χ4n) is 3.40. The lowest BCUT2D eigenvalue weighted by atomic mass is 9.73. The lowest BCUT2D eigenvalue weighted by Gasteiger charge is -2.37. The Hall–Kier alpha value is -1.02. The van der Waals surface area contributed by atoms with Gasteiger partial charge in [0.05, 0.1) is 7.11 Å². The smallest absolute Gasteiger partial charge is 0.119 e. The standard InChI is InChI=1S/C18H29NO/c1-3-4-6-15-9-11-18(19,12-10-15)14-16-7-5-8-17(13-16)20-2/h5,7-8,13,15H,3-4,6,9-12,14,19H2,1-2H3. The molecule has 2 rings (SSSR count). The second kappa shape index (κ2) is 7.12. The Morgan fingerprint density at radius 3 is 2.70 bits per heavy atom. The molecule has 1 aliphatic carbocycles. The molecule has 0 spiro atoms. The minimum atomic E-state index is -0.00488. The maximum Gasteiger partial charge on any atom is 0.119 e. The fourth-order valence-corrected chi connectivity index (χ4v) is 3.40. The van der Waals surface area contributed by atoms with Crippen LogP contribution in [-0.4, -0.2) is 12.6 Å². The van der Waals surface area contributed by atoms with Crippen molar-refractivity contribution in [2.75, 3.05) is 7.11 Å². The van der Waals surface area contributed by atoms with Gasteiger partial charge in [-0.2, -0.15) is 0 Å². The summed E-state index contributed by atoms with van der Waals surface area (Å²) in [6.45, 7) is 2.28. The van der Waals surface area contributed by atoms with Crippen molar-refractivity contribution in [1.29, 1.82) is 0 Å². The van der Waals surface area contributed by atoms with Crippen LogP contribution in [0.5, 0.6) is 5.75 Å². The third-order valence-electron chi connectivity index (χ3n) is 4.76. The topological polar surface area (TPSA) is 35.2 Å². The van der Waals surface area contributed by atoms with E-state index in [1.54, 1.807) is 7.11 Å². The van der Waals surface area contributed by atoms with E-state index < -0.39 is 0 Å². The van der Waals surface area contributed by atoms with Crippen molar-refractivity contribution >= 4 is 0 Å². The Morgan fingerprint density at radius 1 is 1.30 bits per heavy atom. The van der Waals surface area contributed by atoms with Crippen LogP contribution in [0.25, 0.3) is 0 Å². The Labute approximate surface area is 123 Å². The van der Waals surface area contributed by atoms with E-state index in [0.717, 1.165) is 18.1 Å². The second-order valence-corrected chi connectivity index (χ2v) is 6.48. The van der Waals surface area contributed by atoms with Crippen LogP contribution in [0.2, 0.25) is 0 Å².